The van der Waals surface area contributed by atoms with E-state index in [2.05, 4.69) is 88.7 Å². The third-order valence-corrected chi connectivity index (χ3v) is 6.35. The first-order valence-electron chi connectivity index (χ1n) is 8.82. The maximum atomic E-state index is 6.74. The molecule has 4 heteroatoms. The van der Waals surface area contributed by atoms with Crippen LogP contribution in [0.2, 0.25) is 5.02 Å². The molecule has 2 aromatic heterocycles. The average Bonchev–Trinajstić information content (AvgIpc) is 3.10. The summed E-state index contributed by atoms with van der Waals surface area (Å²) in [6.45, 7) is 10.2. The zero-order valence-corrected chi connectivity index (χ0v) is 17.9. The SMILES string of the molecule is C=C/C=C\c1c(C)c(C)c2n(-c3cc(C)cc(Br)c3Cl)c3ccccc3n12. The highest BCUT2D eigenvalue weighted by molar-refractivity contribution is 9.10. The second-order valence-corrected chi connectivity index (χ2v) is 8.03. The van der Waals surface area contributed by atoms with E-state index in [9.17, 15) is 0 Å². The summed E-state index contributed by atoms with van der Waals surface area (Å²) in [5, 5.41) is 0.713. The van der Waals surface area contributed by atoms with E-state index in [1.165, 1.54) is 16.8 Å². The maximum Gasteiger partial charge on any atom is 0.126 e. The highest BCUT2D eigenvalue weighted by Crippen LogP contribution is 2.38. The van der Waals surface area contributed by atoms with Crippen LogP contribution in [0.3, 0.4) is 0 Å². The number of fused-ring (bicyclic) bond motifs is 3. The number of aryl methyl sites for hydroxylation is 2. The number of halogens is 2. The number of rotatable bonds is 3. The molecular formula is C23H20BrClN2. The van der Waals surface area contributed by atoms with Crippen LogP contribution in [0.4, 0.5) is 0 Å². The number of allylic oxidation sites excluding steroid dienone is 2. The number of aromatic nitrogens is 2. The van der Waals surface area contributed by atoms with Gasteiger partial charge in [-0.1, -0.05) is 42.5 Å². The Balaban J connectivity index is 2.25. The lowest BCUT2D eigenvalue weighted by atomic mass is 10.1. The molecule has 4 aromatic rings. The van der Waals surface area contributed by atoms with Gasteiger partial charge in [0.2, 0.25) is 0 Å². The smallest absolute Gasteiger partial charge is 0.126 e. The van der Waals surface area contributed by atoms with Crippen molar-refractivity contribution in [2.45, 2.75) is 20.8 Å². The first-order chi connectivity index (χ1) is 13.0. The molecule has 0 aliphatic heterocycles. The Morgan fingerprint density at radius 2 is 1.74 bits per heavy atom. The van der Waals surface area contributed by atoms with Gasteiger partial charge in [-0.15, -0.1) is 0 Å². The normalized spacial score (nSPS) is 11.9. The Morgan fingerprint density at radius 3 is 2.44 bits per heavy atom. The van der Waals surface area contributed by atoms with Crippen molar-refractivity contribution in [3.63, 3.8) is 0 Å². The zero-order chi connectivity index (χ0) is 19.3. The quantitative estimate of drug-likeness (QED) is 0.294. The molecule has 2 heterocycles. The van der Waals surface area contributed by atoms with Crippen LogP contribution in [0, 0.1) is 20.8 Å². The van der Waals surface area contributed by atoms with Gasteiger partial charge in [0.1, 0.15) is 5.65 Å². The fourth-order valence-electron chi connectivity index (χ4n) is 3.75. The van der Waals surface area contributed by atoms with Crippen molar-refractivity contribution in [3.05, 3.63) is 87.0 Å². The van der Waals surface area contributed by atoms with Crippen LogP contribution in [0.1, 0.15) is 22.4 Å². The van der Waals surface area contributed by atoms with Crippen LogP contribution in [-0.2, 0) is 0 Å². The molecule has 0 aliphatic rings. The van der Waals surface area contributed by atoms with E-state index in [1.807, 2.05) is 18.2 Å². The Kier molecular flexibility index (Phi) is 4.53. The van der Waals surface area contributed by atoms with Crippen LogP contribution in [0.15, 0.2) is 59.6 Å². The molecule has 0 unspecified atom stereocenters. The summed E-state index contributed by atoms with van der Waals surface area (Å²) in [6, 6.07) is 12.6. The minimum absolute atomic E-state index is 0.713. The van der Waals surface area contributed by atoms with Gasteiger partial charge in [-0.05, 0) is 83.7 Å². The number of nitrogens with zero attached hydrogens (tertiary/aromatic N) is 2. The van der Waals surface area contributed by atoms with Crippen LogP contribution < -0.4 is 0 Å². The lowest BCUT2D eigenvalue weighted by Gasteiger charge is -2.12. The summed E-state index contributed by atoms with van der Waals surface area (Å²) >= 11 is 10.3. The molecule has 136 valence electrons. The molecule has 0 atom stereocenters. The molecule has 0 saturated carbocycles. The van der Waals surface area contributed by atoms with E-state index >= 15 is 0 Å². The number of para-hydroxylation sites is 2. The Labute approximate surface area is 172 Å². The van der Waals surface area contributed by atoms with Gasteiger partial charge in [-0.2, -0.15) is 0 Å². The molecule has 2 nitrogen and oxygen atoms in total. The fraction of sp³-hybridized carbons (Fsp3) is 0.130. The Morgan fingerprint density at radius 1 is 1.04 bits per heavy atom. The van der Waals surface area contributed by atoms with Crippen LogP contribution >= 0.6 is 27.5 Å². The van der Waals surface area contributed by atoms with E-state index in [4.69, 9.17) is 11.6 Å². The summed E-state index contributed by atoms with van der Waals surface area (Å²) in [6.07, 6.45) is 5.91. The largest absolute Gasteiger partial charge is 0.294 e. The lowest BCUT2D eigenvalue weighted by Crippen LogP contribution is -1.98. The molecule has 0 aliphatic carbocycles. The molecule has 4 rings (SSSR count). The second kappa shape index (κ2) is 6.74. The van der Waals surface area contributed by atoms with Gasteiger partial charge in [0.25, 0.3) is 0 Å². The van der Waals surface area contributed by atoms with Crippen LogP contribution in [-0.4, -0.2) is 8.97 Å². The van der Waals surface area contributed by atoms with E-state index in [0.29, 0.717) is 5.02 Å². The predicted octanol–water partition coefficient (Wildman–Crippen LogP) is 7.42. The van der Waals surface area contributed by atoms with Crippen molar-refractivity contribution in [2.24, 2.45) is 0 Å². The highest BCUT2D eigenvalue weighted by Gasteiger charge is 2.21. The predicted molar refractivity (Wildman–Crippen MR) is 120 cm³/mol. The minimum Gasteiger partial charge on any atom is -0.294 e. The van der Waals surface area contributed by atoms with Crippen molar-refractivity contribution >= 4 is 50.3 Å². The van der Waals surface area contributed by atoms with Crippen molar-refractivity contribution in [2.75, 3.05) is 0 Å². The molecule has 0 fully saturated rings. The Hall–Kier alpha value is -2.23. The van der Waals surface area contributed by atoms with Crippen LogP contribution in [0.5, 0.6) is 0 Å². The van der Waals surface area contributed by atoms with Gasteiger partial charge in [0.15, 0.2) is 0 Å². The van der Waals surface area contributed by atoms with Crippen molar-refractivity contribution in [1.82, 2.24) is 8.97 Å². The topological polar surface area (TPSA) is 9.34 Å². The molecule has 0 amide bonds. The van der Waals surface area contributed by atoms with Gasteiger partial charge in [-0.3, -0.25) is 8.97 Å². The second-order valence-electron chi connectivity index (χ2n) is 6.79. The standard InChI is InChI=1S/C23H20BrClN2/c1-5-6-9-18-15(3)16(4)23-26(18)19-10-7-8-11-20(19)27(23)21-13-14(2)12-17(24)22(21)25/h5-13H,1H2,2-4H3/b9-6-. The summed E-state index contributed by atoms with van der Waals surface area (Å²) in [4.78, 5) is 0. The van der Waals surface area contributed by atoms with E-state index in [-0.39, 0.29) is 0 Å². The van der Waals surface area contributed by atoms with Crippen LogP contribution in [0.25, 0.3) is 28.4 Å². The summed E-state index contributed by atoms with van der Waals surface area (Å²) in [7, 11) is 0. The molecular weight excluding hydrogens is 420 g/mol. The van der Waals surface area contributed by atoms with Crippen molar-refractivity contribution < 1.29 is 0 Å². The van der Waals surface area contributed by atoms with Gasteiger partial charge in [0.05, 0.1) is 27.4 Å². The van der Waals surface area contributed by atoms with Gasteiger partial charge >= 0.3 is 0 Å². The summed E-state index contributed by atoms with van der Waals surface area (Å²) in [5.41, 5.74) is 9.22. The van der Waals surface area contributed by atoms with Gasteiger partial charge < -0.3 is 0 Å². The molecule has 0 radical (unpaired) electrons. The van der Waals surface area contributed by atoms with E-state index in [0.717, 1.165) is 32.4 Å². The zero-order valence-electron chi connectivity index (χ0n) is 15.6. The molecule has 2 aromatic carbocycles. The molecule has 0 bridgehead atoms. The van der Waals surface area contributed by atoms with Crippen molar-refractivity contribution in [3.8, 4) is 5.69 Å². The number of benzene rings is 2. The maximum absolute atomic E-state index is 6.74. The molecule has 27 heavy (non-hydrogen) atoms. The molecule has 0 N–H and O–H groups in total. The number of imidazole rings is 1. The van der Waals surface area contributed by atoms with Crippen molar-refractivity contribution in [1.29, 1.82) is 0 Å². The molecule has 0 spiro atoms. The minimum atomic E-state index is 0.713. The average molecular weight is 440 g/mol. The van der Waals surface area contributed by atoms with Gasteiger partial charge in [-0.25, -0.2) is 0 Å². The number of hydrogen-bond donors (Lipinski definition) is 0. The molecule has 0 saturated heterocycles. The summed E-state index contributed by atoms with van der Waals surface area (Å²) in [5.74, 6) is 0. The monoisotopic (exact) mass is 438 g/mol. The first kappa shape index (κ1) is 18.1. The van der Waals surface area contributed by atoms with Gasteiger partial charge in [0, 0.05) is 4.47 Å². The summed E-state index contributed by atoms with van der Waals surface area (Å²) < 4.78 is 5.48. The fourth-order valence-corrected chi connectivity index (χ4v) is 4.51. The van der Waals surface area contributed by atoms with E-state index < -0.39 is 0 Å². The highest BCUT2D eigenvalue weighted by atomic mass is 79.9. The third kappa shape index (κ3) is 2.69. The lowest BCUT2D eigenvalue weighted by molar-refractivity contribution is 1.12. The van der Waals surface area contributed by atoms with E-state index in [1.54, 1.807) is 0 Å². The third-order valence-electron chi connectivity index (χ3n) is 5.09. The Bertz CT molecular complexity index is 1240. The number of hydrogen-bond acceptors (Lipinski definition) is 0. The first-order valence-corrected chi connectivity index (χ1v) is 9.99.